The third kappa shape index (κ3) is 5.62. The van der Waals surface area contributed by atoms with E-state index in [1.807, 2.05) is 0 Å². The molecule has 12 heteroatoms. The van der Waals surface area contributed by atoms with Crippen LogP contribution in [0.5, 0.6) is 0 Å². The number of aromatic nitrogens is 2. The summed E-state index contributed by atoms with van der Waals surface area (Å²) in [4.78, 5) is 22.5. The van der Waals surface area contributed by atoms with Gasteiger partial charge in [0, 0.05) is 18.4 Å². The minimum Gasteiger partial charge on any atom is -0.439 e. The Morgan fingerprint density at radius 1 is 0.971 bits per heavy atom. The average Bonchev–Trinajstić information content (AvgIpc) is 3.08. The van der Waals surface area contributed by atoms with E-state index in [0.29, 0.717) is 23.6 Å². The van der Waals surface area contributed by atoms with E-state index >= 15 is 0 Å². The van der Waals surface area contributed by atoms with Gasteiger partial charge in [-0.15, -0.1) is 0 Å². The zero-order valence-corrected chi connectivity index (χ0v) is 18.8. The van der Waals surface area contributed by atoms with Gasteiger partial charge in [-0.3, -0.25) is 9.88 Å². The largest absolute Gasteiger partial charge is 0.439 e. The molecule has 1 N–H and O–H groups in total. The lowest BCUT2D eigenvalue weighted by atomic mass is 9.95. The summed E-state index contributed by atoms with van der Waals surface area (Å²) in [6.45, 7) is 1.44. The van der Waals surface area contributed by atoms with E-state index in [1.54, 1.807) is 0 Å². The fourth-order valence-corrected chi connectivity index (χ4v) is 4.51. The molecule has 2 atom stereocenters. The first kappa shape index (κ1) is 25.1. The van der Waals surface area contributed by atoms with Gasteiger partial charge >= 0.3 is 18.4 Å². The highest BCUT2D eigenvalue weighted by Crippen LogP contribution is 2.41. The summed E-state index contributed by atoms with van der Waals surface area (Å²) >= 11 is 0. The molecule has 1 saturated heterocycles. The number of carbonyl (C=O) groups excluding carboxylic acids is 1. The Bertz CT molecular complexity index is 1040. The summed E-state index contributed by atoms with van der Waals surface area (Å²) in [6.07, 6.45) is -3.95. The van der Waals surface area contributed by atoms with E-state index in [4.69, 9.17) is 4.74 Å². The highest BCUT2D eigenvalue weighted by Gasteiger charge is 2.43. The molecule has 2 aliphatic rings. The quantitative estimate of drug-likeness (QED) is 0.484. The molecule has 0 bridgehead atoms. The van der Waals surface area contributed by atoms with Gasteiger partial charge < -0.3 is 10.1 Å². The Labute approximate surface area is 197 Å². The van der Waals surface area contributed by atoms with Crippen molar-refractivity contribution in [3.05, 3.63) is 53.0 Å². The van der Waals surface area contributed by atoms with Gasteiger partial charge in [0.1, 0.15) is 17.6 Å². The molecule has 1 amide bonds. The maximum absolute atomic E-state index is 13.3. The second kappa shape index (κ2) is 9.54. The van der Waals surface area contributed by atoms with Crippen LogP contribution in [0.25, 0.3) is 0 Å². The van der Waals surface area contributed by atoms with Crippen molar-refractivity contribution in [1.29, 1.82) is 0 Å². The predicted molar refractivity (Wildman–Crippen MR) is 113 cm³/mol. The highest BCUT2D eigenvalue weighted by molar-refractivity contribution is 5.71. The second-order valence-corrected chi connectivity index (χ2v) is 8.84. The van der Waals surface area contributed by atoms with Crippen molar-refractivity contribution in [2.45, 2.75) is 76.1 Å². The van der Waals surface area contributed by atoms with Crippen molar-refractivity contribution in [1.82, 2.24) is 14.9 Å². The summed E-state index contributed by atoms with van der Waals surface area (Å²) in [5, 5.41) is 3.34. The van der Waals surface area contributed by atoms with Crippen molar-refractivity contribution in [2.24, 2.45) is 0 Å². The smallest absolute Gasteiger partial charge is 0.416 e. The van der Waals surface area contributed by atoms with Crippen LogP contribution in [0.4, 0.5) is 37.0 Å². The van der Waals surface area contributed by atoms with Crippen LogP contribution in [-0.4, -0.2) is 33.0 Å². The fraction of sp³-hybridized carbons (Fsp3) is 0.522. The minimum absolute atomic E-state index is 0.0471. The van der Waals surface area contributed by atoms with E-state index in [1.165, 1.54) is 24.2 Å². The number of amides is 1. The average molecular weight is 502 g/mol. The Morgan fingerprint density at radius 3 is 2.17 bits per heavy atom. The van der Waals surface area contributed by atoms with Gasteiger partial charge in [0.2, 0.25) is 0 Å². The monoisotopic (exact) mass is 502 g/mol. The molecule has 6 nitrogen and oxygen atoms in total. The van der Waals surface area contributed by atoms with E-state index in [2.05, 4.69) is 15.3 Å². The van der Waals surface area contributed by atoms with Gasteiger partial charge in [-0.25, -0.2) is 9.78 Å². The summed E-state index contributed by atoms with van der Waals surface area (Å²) in [5.74, 6) is 0.487. The number of nitrogens with zero attached hydrogens (tertiary/aromatic N) is 3. The van der Waals surface area contributed by atoms with Crippen molar-refractivity contribution in [2.75, 3.05) is 5.32 Å². The van der Waals surface area contributed by atoms with Crippen LogP contribution in [0.2, 0.25) is 0 Å². The molecule has 4 rings (SSSR count). The molecule has 0 radical (unpaired) electrons. The number of hydrogen-bond acceptors (Lipinski definition) is 5. The summed E-state index contributed by atoms with van der Waals surface area (Å²) in [6, 6.07) is 0.584. The first-order valence-corrected chi connectivity index (χ1v) is 11.3. The van der Waals surface area contributed by atoms with Gasteiger partial charge in [0.15, 0.2) is 0 Å². The number of nitrogens with one attached hydrogen (secondary N) is 1. The third-order valence-electron chi connectivity index (χ3n) is 6.37. The number of anilines is 1. The van der Waals surface area contributed by atoms with Crippen molar-refractivity contribution < 1.29 is 35.9 Å². The van der Waals surface area contributed by atoms with E-state index in [0.717, 1.165) is 32.1 Å². The van der Waals surface area contributed by atoms with Crippen molar-refractivity contribution in [3.8, 4) is 0 Å². The predicted octanol–water partition coefficient (Wildman–Crippen LogP) is 6.34. The minimum atomic E-state index is -5.00. The van der Waals surface area contributed by atoms with Crippen LogP contribution in [0.3, 0.4) is 0 Å². The SMILES string of the molecule is C[C@H]1[C@@H](c2cc(C(F)(F)F)cc(C(F)(F)F)c2)OC(=O)N1Cc1nccnc1NC1CCCCC1. The van der Waals surface area contributed by atoms with E-state index in [9.17, 15) is 31.1 Å². The first-order valence-electron chi connectivity index (χ1n) is 11.3. The highest BCUT2D eigenvalue weighted by atomic mass is 19.4. The molecule has 2 heterocycles. The van der Waals surface area contributed by atoms with Crippen molar-refractivity contribution in [3.63, 3.8) is 0 Å². The van der Waals surface area contributed by atoms with Crippen LogP contribution in [0, 0.1) is 0 Å². The molecule has 1 saturated carbocycles. The molecule has 1 aromatic heterocycles. The van der Waals surface area contributed by atoms with Crippen LogP contribution < -0.4 is 5.32 Å². The molecule has 0 unspecified atom stereocenters. The van der Waals surface area contributed by atoms with Crippen LogP contribution in [0.15, 0.2) is 30.6 Å². The van der Waals surface area contributed by atoms with Crippen LogP contribution >= 0.6 is 0 Å². The Hall–Kier alpha value is -3.05. The standard InChI is InChI=1S/C23H24F6N4O2/c1-13-19(14-9-15(22(24,25)26)11-16(10-14)23(27,28)29)35-21(34)33(13)12-18-20(31-8-7-30-18)32-17-5-3-2-4-6-17/h7-11,13,17,19H,2-6,12H2,1H3,(H,31,32)/t13-,19-/m0/s1. The number of alkyl halides is 6. The van der Waals surface area contributed by atoms with Crippen LogP contribution in [-0.2, 0) is 23.6 Å². The van der Waals surface area contributed by atoms with Gasteiger partial charge in [-0.2, -0.15) is 26.3 Å². The maximum atomic E-state index is 13.3. The number of halogens is 6. The number of carbonyl (C=O) groups is 1. The molecule has 190 valence electrons. The van der Waals surface area contributed by atoms with Gasteiger partial charge in [-0.1, -0.05) is 19.3 Å². The molecule has 1 aromatic carbocycles. The molecule has 2 fully saturated rings. The summed E-state index contributed by atoms with van der Waals surface area (Å²) in [5.41, 5.74) is -2.87. The molecule has 35 heavy (non-hydrogen) atoms. The second-order valence-electron chi connectivity index (χ2n) is 8.84. The number of rotatable bonds is 5. The van der Waals surface area contributed by atoms with E-state index in [-0.39, 0.29) is 24.2 Å². The summed E-state index contributed by atoms with van der Waals surface area (Å²) < 4.78 is 85.0. The fourth-order valence-electron chi connectivity index (χ4n) is 4.51. The zero-order valence-electron chi connectivity index (χ0n) is 18.8. The normalized spacial score (nSPS) is 21.8. The third-order valence-corrected chi connectivity index (χ3v) is 6.37. The Kier molecular flexibility index (Phi) is 6.83. The van der Waals surface area contributed by atoms with Gasteiger partial charge in [0.25, 0.3) is 0 Å². The number of hydrogen-bond donors (Lipinski definition) is 1. The molecular formula is C23H24F6N4O2. The maximum Gasteiger partial charge on any atom is 0.416 e. The number of cyclic esters (lactones) is 1. The van der Waals surface area contributed by atoms with Crippen molar-refractivity contribution >= 4 is 11.9 Å². The van der Waals surface area contributed by atoms with Gasteiger partial charge in [-0.05, 0) is 43.5 Å². The number of benzene rings is 1. The molecule has 0 spiro atoms. The molecule has 1 aliphatic heterocycles. The lowest BCUT2D eigenvalue weighted by Crippen LogP contribution is -2.33. The first-order chi connectivity index (χ1) is 16.4. The lowest BCUT2D eigenvalue weighted by Gasteiger charge is -2.25. The Morgan fingerprint density at radius 2 is 1.57 bits per heavy atom. The number of ether oxygens (including phenoxy) is 1. The Balaban J connectivity index is 1.59. The molecule has 2 aromatic rings. The summed E-state index contributed by atoms with van der Waals surface area (Å²) in [7, 11) is 0. The van der Waals surface area contributed by atoms with Crippen LogP contribution in [0.1, 0.15) is 67.5 Å². The zero-order chi connectivity index (χ0) is 25.4. The molecular weight excluding hydrogens is 478 g/mol. The van der Waals surface area contributed by atoms with E-state index < -0.39 is 41.7 Å². The molecule has 1 aliphatic carbocycles. The lowest BCUT2D eigenvalue weighted by molar-refractivity contribution is -0.143. The topological polar surface area (TPSA) is 67.3 Å². The van der Waals surface area contributed by atoms with Gasteiger partial charge in [0.05, 0.1) is 23.7 Å².